The average molecular weight is 380 g/mol. The van der Waals surface area contributed by atoms with Crippen LogP contribution in [0, 0.1) is 0 Å². The maximum atomic E-state index is 12.0. The van der Waals surface area contributed by atoms with Crippen LogP contribution in [0.4, 0.5) is 0 Å². The molecule has 0 aliphatic heterocycles. The first kappa shape index (κ1) is 19.9. The van der Waals surface area contributed by atoms with Gasteiger partial charge in [-0.05, 0) is 17.2 Å². The molecule has 0 unspecified atom stereocenters. The van der Waals surface area contributed by atoms with Crippen LogP contribution in [0.1, 0.15) is 16.7 Å². The molecule has 0 amide bonds. The van der Waals surface area contributed by atoms with Crippen molar-refractivity contribution in [1.29, 1.82) is 0 Å². The third kappa shape index (κ3) is 4.02. The van der Waals surface area contributed by atoms with Crippen LogP contribution in [0.3, 0.4) is 0 Å². The third-order valence-electron chi connectivity index (χ3n) is 4.41. The Balaban J connectivity index is 2.23. The van der Waals surface area contributed by atoms with Crippen molar-refractivity contribution in [3.05, 3.63) is 95.6 Å². The Morgan fingerprint density at radius 1 is 0.679 bits per heavy atom. The number of methoxy groups -OCH3 is 2. The maximum Gasteiger partial charge on any atom is 0.188 e. The first-order chi connectivity index (χ1) is 13.7. The number of hydrogen-bond donors (Lipinski definition) is 1. The minimum atomic E-state index is -1.45. The van der Waals surface area contributed by atoms with Crippen LogP contribution >= 0.6 is 0 Å². The van der Waals surface area contributed by atoms with Crippen LogP contribution in [-0.4, -0.2) is 32.9 Å². The molecular weight excluding hydrogens is 356 g/mol. The molecule has 0 fully saturated rings. The Kier molecular flexibility index (Phi) is 6.66. The van der Waals surface area contributed by atoms with Gasteiger partial charge in [-0.3, -0.25) is 0 Å². The van der Waals surface area contributed by atoms with Crippen molar-refractivity contribution >= 4 is 0 Å². The van der Waals surface area contributed by atoms with Crippen molar-refractivity contribution in [1.82, 2.24) is 0 Å². The second kappa shape index (κ2) is 9.37. The van der Waals surface area contributed by atoms with E-state index < -0.39 is 5.60 Å². The summed E-state index contributed by atoms with van der Waals surface area (Å²) in [6, 6.07) is 24.3. The van der Waals surface area contributed by atoms with Gasteiger partial charge in [0.2, 0.25) is 0 Å². The van der Waals surface area contributed by atoms with E-state index in [2.05, 4.69) is 0 Å². The molecule has 0 aliphatic rings. The quantitative estimate of drug-likeness (QED) is 0.450. The van der Waals surface area contributed by atoms with Crippen LogP contribution < -0.4 is 9.47 Å². The van der Waals surface area contributed by atoms with Gasteiger partial charge in [-0.2, -0.15) is 0 Å². The molecule has 3 rings (SSSR count). The molecule has 5 heteroatoms. The molecule has 0 heterocycles. The SMILES string of the molecule is COCOc1cccc(C(O)(c2ccccc2)c2ccccc2)c1OCOC. The number of hydrogen-bond acceptors (Lipinski definition) is 5. The molecule has 0 saturated carbocycles. The van der Waals surface area contributed by atoms with Crippen molar-refractivity contribution in [2.24, 2.45) is 0 Å². The van der Waals surface area contributed by atoms with Gasteiger partial charge in [-0.1, -0.05) is 72.8 Å². The van der Waals surface area contributed by atoms with Crippen LogP contribution in [0.2, 0.25) is 0 Å². The summed E-state index contributed by atoms with van der Waals surface area (Å²) >= 11 is 0. The van der Waals surface area contributed by atoms with Crippen LogP contribution in [0.25, 0.3) is 0 Å². The van der Waals surface area contributed by atoms with Crippen molar-refractivity contribution in [2.75, 3.05) is 27.8 Å². The van der Waals surface area contributed by atoms with E-state index in [1.807, 2.05) is 72.8 Å². The normalized spacial score (nSPS) is 11.2. The largest absolute Gasteiger partial charge is 0.464 e. The highest BCUT2D eigenvalue weighted by atomic mass is 16.7. The molecule has 1 N–H and O–H groups in total. The summed E-state index contributed by atoms with van der Waals surface area (Å²) in [5, 5.41) is 12.0. The number of para-hydroxylation sites is 1. The van der Waals surface area contributed by atoms with E-state index in [9.17, 15) is 5.11 Å². The monoisotopic (exact) mass is 380 g/mol. The summed E-state index contributed by atoms with van der Waals surface area (Å²) < 4.78 is 21.6. The lowest BCUT2D eigenvalue weighted by Crippen LogP contribution is -2.30. The summed E-state index contributed by atoms with van der Waals surface area (Å²) in [4.78, 5) is 0. The van der Waals surface area contributed by atoms with Gasteiger partial charge < -0.3 is 24.1 Å². The predicted octanol–water partition coefficient (Wildman–Crippen LogP) is 3.94. The minimum Gasteiger partial charge on any atom is -0.464 e. The highest BCUT2D eigenvalue weighted by Gasteiger charge is 2.37. The molecule has 3 aromatic rings. The number of benzene rings is 3. The first-order valence-electron chi connectivity index (χ1n) is 8.92. The minimum absolute atomic E-state index is 0.0139. The Labute approximate surface area is 165 Å². The van der Waals surface area contributed by atoms with E-state index in [1.165, 1.54) is 0 Å². The molecule has 0 radical (unpaired) electrons. The summed E-state index contributed by atoms with van der Waals surface area (Å²) in [6.45, 7) is 0.0713. The van der Waals surface area contributed by atoms with E-state index in [-0.39, 0.29) is 13.6 Å². The highest BCUT2D eigenvalue weighted by Crippen LogP contribution is 2.44. The Bertz CT molecular complexity index is 825. The van der Waals surface area contributed by atoms with Gasteiger partial charge in [0.15, 0.2) is 25.1 Å². The van der Waals surface area contributed by atoms with Gasteiger partial charge in [0, 0.05) is 19.8 Å². The molecule has 0 spiro atoms. The molecule has 146 valence electrons. The fraction of sp³-hybridized carbons (Fsp3) is 0.217. The molecule has 0 aromatic heterocycles. The maximum absolute atomic E-state index is 12.0. The van der Waals surface area contributed by atoms with Gasteiger partial charge in [-0.25, -0.2) is 0 Å². The van der Waals surface area contributed by atoms with Gasteiger partial charge in [0.05, 0.1) is 0 Å². The molecule has 0 atom stereocenters. The topological polar surface area (TPSA) is 57.2 Å². The zero-order valence-electron chi connectivity index (χ0n) is 16.0. The lowest BCUT2D eigenvalue weighted by atomic mass is 9.80. The average Bonchev–Trinajstić information content (AvgIpc) is 2.77. The molecule has 28 heavy (non-hydrogen) atoms. The molecule has 3 aromatic carbocycles. The van der Waals surface area contributed by atoms with Gasteiger partial charge in [0.1, 0.15) is 5.60 Å². The zero-order chi connectivity index (χ0) is 19.8. The van der Waals surface area contributed by atoms with E-state index in [0.717, 1.165) is 0 Å². The lowest BCUT2D eigenvalue weighted by Gasteiger charge is -2.32. The van der Waals surface area contributed by atoms with E-state index >= 15 is 0 Å². The zero-order valence-corrected chi connectivity index (χ0v) is 16.0. The summed E-state index contributed by atoms with van der Waals surface area (Å²) in [5.74, 6) is 0.860. The van der Waals surface area contributed by atoms with Crippen molar-refractivity contribution in [2.45, 2.75) is 5.60 Å². The molecule has 0 bridgehead atoms. The molecule has 0 saturated heterocycles. The lowest BCUT2D eigenvalue weighted by molar-refractivity contribution is 0.0283. The van der Waals surface area contributed by atoms with Crippen molar-refractivity contribution < 1.29 is 24.1 Å². The highest BCUT2D eigenvalue weighted by molar-refractivity contribution is 5.57. The van der Waals surface area contributed by atoms with Crippen LogP contribution in [0.15, 0.2) is 78.9 Å². The third-order valence-corrected chi connectivity index (χ3v) is 4.41. The Hall–Kier alpha value is -2.86. The smallest absolute Gasteiger partial charge is 0.188 e. The number of aliphatic hydroxyl groups is 1. The van der Waals surface area contributed by atoms with Gasteiger partial charge in [-0.15, -0.1) is 0 Å². The molecule has 0 aliphatic carbocycles. The first-order valence-corrected chi connectivity index (χ1v) is 8.92. The Morgan fingerprint density at radius 2 is 1.21 bits per heavy atom. The van der Waals surface area contributed by atoms with Gasteiger partial charge in [0.25, 0.3) is 0 Å². The van der Waals surface area contributed by atoms with E-state index in [1.54, 1.807) is 20.3 Å². The predicted molar refractivity (Wildman–Crippen MR) is 106 cm³/mol. The van der Waals surface area contributed by atoms with E-state index in [4.69, 9.17) is 18.9 Å². The summed E-state index contributed by atoms with van der Waals surface area (Å²) in [7, 11) is 3.09. The standard InChI is InChI=1S/C23H24O5/c1-25-16-27-21-15-9-14-20(22(21)28-17-26-2)23(24,18-10-5-3-6-11-18)19-12-7-4-8-13-19/h3-15,24H,16-17H2,1-2H3. The summed E-state index contributed by atoms with van der Waals surface area (Å²) in [6.07, 6.45) is 0. The molecule has 5 nitrogen and oxygen atoms in total. The van der Waals surface area contributed by atoms with Gasteiger partial charge >= 0.3 is 0 Å². The second-order valence-electron chi connectivity index (χ2n) is 6.18. The summed E-state index contributed by atoms with van der Waals surface area (Å²) in [5.41, 5.74) is 0.535. The van der Waals surface area contributed by atoms with Crippen LogP contribution in [0.5, 0.6) is 11.5 Å². The van der Waals surface area contributed by atoms with Crippen molar-refractivity contribution in [3.63, 3.8) is 0 Å². The fourth-order valence-corrected chi connectivity index (χ4v) is 3.14. The van der Waals surface area contributed by atoms with Crippen molar-refractivity contribution in [3.8, 4) is 11.5 Å². The number of ether oxygens (including phenoxy) is 4. The molecular formula is C23H24O5. The second-order valence-corrected chi connectivity index (χ2v) is 6.18. The Morgan fingerprint density at radius 3 is 1.75 bits per heavy atom. The van der Waals surface area contributed by atoms with Crippen LogP contribution in [-0.2, 0) is 15.1 Å². The fourth-order valence-electron chi connectivity index (χ4n) is 3.14. The number of rotatable bonds is 9. The van der Waals surface area contributed by atoms with E-state index in [0.29, 0.717) is 28.2 Å².